The van der Waals surface area contributed by atoms with Crippen molar-refractivity contribution in [3.05, 3.63) is 87.4 Å². The lowest BCUT2D eigenvalue weighted by Gasteiger charge is -2.19. The molecule has 1 atom stereocenters. The van der Waals surface area contributed by atoms with Crippen LogP contribution < -0.4 is 0 Å². The molecular weight excluding hydrogens is 395 g/mol. The van der Waals surface area contributed by atoms with E-state index in [0.29, 0.717) is 10.0 Å². The minimum atomic E-state index is 0.276. The van der Waals surface area contributed by atoms with Crippen molar-refractivity contribution in [2.45, 2.75) is 18.2 Å². The van der Waals surface area contributed by atoms with E-state index < -0.39 is 0 Å². The summed E-state index contributed by atoms with van der Waals surface area (Å²) in [5.74, 6) is 1.90. The molecule has 0 spiro atoms. The Bertz CT molecular complexity index is 804. The predicted octanol–water partition coefficient (Wildman–Crippen LogP) is 6.56. The van der Waals surface area contributed by atoms with Crippen LogP contribution in [0, 0.1) is 0 Å². The number of nitrogens with zero attached hydrogens (tertiary/aromatic N) is 2. The zero-order chi connectivity index (χ0) is 17.6. The van der Waals surface area contributed by atoms with Gasteiger partial charge < -0.3 is 4.57 Å². The van der Waals surface area contributed by atoms with Gasteiger partial charge in [-0.2, -0.15) is 11.8 Å². The fraction of sp³-hybridized carbons (Fsp3) is 0.211. The Balaban J connectivity index is 1.66. The first-order valence-corrected chi connectivity index (χ1v) is 10.1. The van der Waals surface area contributed by atoms with Crippen molar-refractivity contribution in [2.75, 3.05) is 5.75 Å². The summed E-state index contributed by atoms with van der Waals surface area (Å²) in [5, 5.41) is 2.13. The normalized spacial score (nSPS) is 12.3. The van der Waals surface area contributed by atoms with Crippen LogP contribution in [0.1, 0.15) is 17.2 Å². The molecule has 6 heteroatoms. The van der Waals surface area contributed by atoms with E-state index in [1.165, 1.54) is 5.56 Å². The van der Waals surface area contributed by atoms with Gasteiger partial charge in [0, 0.05) is 45.0 Å². The lowest BCUT2D eigenvalue weighted by atomic mass is 10.1. The Labute approximate surface area is 167 Å². The maximum Gasteiger partial charge on any atom is 0.0948 e. The number of benzene rings is 2. The highest BCUT2D eigenvalue weighted by atomic mass is 35.5. The third-order valence-corrected chi connectivity index (χ3v) is 5.91. The maximum atomic E-state index is 6.35. The fourth-order valence-electron chi connectivity index (χ4n) is 2.57. The quantitative estimate of drug-likeness (QED) is 0.438. The van der Waals surface area contributed by atoms with E-state index in [2.05, 4.69) is 21.7 Å². The second-order valence-corrected chi connectivity index (χ2v) is 8.06. The molecule has 0 fully saturated rings. The molecule has 0 amide bonds. The number of aromatic nitrogens is 2. The van der Waals surface area contributed by atoms with Crippen LogP contribution in [0.4, 0.5) is 0 Å². The molecule has 0 saturated heterocycles. The monoisotopic (exact) mass is 410 g/mol. The zero-order valence-electron chi connectivity index (χ0n) is 13.4. The van der Waals surface area contributed by atoms with Gasteiger partial charge in [-0.1, -0.05) is 53.0 Å². The van der Waals surface area contributed by atoms with Gasteiger partial charge in [0.05, 0.1) is 6.33 Å². The van der Waals surface area contributed by atoms with Gasteiger partial charge in [0.2, 0.25) is 0 Å². The van der Waals surface area contributed by atoms with Crippen molar-refractivity contribution in [3.8, 4) is 0 Å². The Hall–Kier alpha value is -1.13. The number of rotatable bonds is 7. The molecule has 130 valence electrons. The van der Waals surface area contributed by atoms with Gasteiger partial charge in [0.25, 0.3) is 0 Å². The number of hydrogen-bond acceptors (Lipinski definition) is 2. The third-order valence-electron chi connectivity index (χ3n) is 3.91. The first-order valence-electron chi connectivity index (χ1n) is 7.85. The van der Waals surface area contributed by atoms with E-state index in [1.807, 2.05) is 48.6 Å². The molecule has 3 aromatic rings. The largest absolute Gasteiger partial charge is 0.333 e. The van der Waals surface area contributed by atoms with Crippen molar-refractivity contribution in [1.82, 2.24) is 9.55 Å². The molecule has 2 nitrogen and oxygen atoms in total. The number of hydrogen-bond donors (Lipinski definition) is 0. The maximum absolute atomic E-state index is 6.35. The second-order valence-electron chi connectivity index (χ2n) is 5.75. The van der Waals surface area contributed by atoms with E-state index in [1.54, 1.807) is 12.3 Å². The molecule has 0 radical (unpaired) electrons. The second kappa shape index (κ2) is 9.00. The van der Waals surface area contributed by atoms with E-state index in [9.17, 15) is 0 Å². The summed E-state index contributed by atoms with van der Waals surface area (Å²) >= 11 is 20.2. The smallest absolute Gasteiger partial charge is 0.0948 e. The number of thioether (sulfide) groups is 1. The molecule has 0 aliphatic heterocycles. The average Bonchev–Trinajstić information content (AvgIpc) is 3.12. The lowest BCUT2D eigenvalue weighted by Crippen LogP contribution is -2.13. The van der Waals surface area contributed by atoms with Crippen LogP contribution in [0.15, 0.2) is 61.2 Å². The molecule has 1 aromatic heterocycles. The van der Waals surface area contributed by atoms with Crippen molar-refractivity contribution < 1.29 is 0 Å². The van der Waals surface area contributed by atoms with Crippen molar-refractivity contribution in [2.24, 2.45) is 0 Å². The highest BCUT2D eigenvalue weighted by molar-refractivity contribution is 7.98. The molecule has 0 aliphatic rings. The topological polar surface area (TPSA) is 17.8 Å². The standard InChI is InChI=1S/C19H17Cl3N2S/c20-16-4-1-14(2-5-16)11-25-12-18(24-8-7-23-13-24)9-15-3-6-17(21)10-19(15)22/h1-8,10,13,18H,9,11-12H2. The first-order chi connectivity index (χ1) is 12.1. The Morgan fingerprint density at radius 3 is 2.44 bits per heavy atom. The van der Waals surface area contributed by atoms with Crippen LogP contribution >= 0.6 is 46.6 Å². The summed E-state index contributed by atoms with van der Waals surface area (Å²) in [6.07, 6.45) is 6.50. The number of halogens is 3. The summed E-state index contributed by atoms with van der Waals surface area (Å²) in [4.78, 5) is 4.18. The molecule has 1 heterocycles. The molecule has 0 saturated carbocycles. The highest BCUT2D eigenvalue weighted by Crippen LogP contribution is 2.27. The number of imidazole rings is 1. The van der Waals surface area contributed by atoms with Gasteiger partial charge in [-0.15, -0.1) is 0 Å². The predicted molar refractivity (Wildman–Crippen MR) is 109 cm³/mol. The molecule has 0 aliphatic carbocycles. The van der Waals surface area contributed by atoms with Gasteiger partial charge in [-0.05, 0) is 41.8 Å². The van der Waals surface area contributed by atoms with Gasteiger partial charge >= 0.3 is 0 Å². The molecule has 0 N–H and O–H groups in total. The highest BCUT2D eigenvalue weighted by Gasteiger charge is 2.14. The minimum absolute atomic E-state index is 0.276. The van der Waals surface area contributed by atoms with Gasteiger partial charge in [0.15, 0.2) is 0 Å². The molecule has 0 bridgehead atoms. The third kappa shape index (κ3) is 5.42. The van der Waals surface area contributed by atoms with E-state index in [4.69, 9.17) is 34.8 Å². The first kappa shape index (κ1) is 18.7. The SMILES string of the molecule is Clc1ccc(CSCC(Cc2ccc(Cl)cc2Cl)n2ccnc2)cc1. The van der Waals surface area contributed by atoms with E-state index >= 15 is 0 Å². The molecule has 3 rings (SSSR count). The summed E-state index contributed by atoms with van der Waals surface area (Å²) in [6, 6.07) is 13.9. The molecule has 2 aromatic carbocycles. The summed E-state index contributed by atoms with van der Waals surface area (Å²) in [6.45, 7) is 0. The van der Waals surface area contributed by atoms with Crippen molar-refractivity contribution in [3.63, 3.8) is 0 Å². The Morgan fingerprint density at radius 1 is 1.00 bits per heavy atom. The molecule has 25 heavy (non-hydrogen) atoms. The van der Waals surface area contributed by atoms with Gasteiger partial charge in [-0.25, -0.2) is 4.98 Å². The van der Waals surface area contributed by atoms with Crippen molar-refractivity contribution in [1.29, 1.82) is 0 Å². The summed E-state index contributed by atoms with van der Waals surface area (Å²) in [7, 11) is 0. The zero-order valence-corrected chi connectivity index (χ0v) is 16.5. The van der Waals surface area contributed by atoms with Crippen LogP contribution in [0.2, 0.25) is 15.1 Å². The average molecular weight is 412 g/mol. The van der Waals surface area contributed by atoms with E-state index in [0.717, 1.165) is 28.5 Å². The Morgan fingerprint density at radius 2 is 1.76 bits per heavy atom. The van der Waals surface area contributed by atoms with Crippen molar-refractivity contribution >= 4 is 46.6 Å². The summed E-state index contributed by atoms with van der Waals surface area (Å²) in [5.41, 5.74) is 2.36. The Kier molecular flexibility index (Phi) is 6.71. The summed E-state index contributed by atoms with van der Waals surface area (Å²) < 4.78 is 2.14. The minimum Gasteiger partial charge on any atom is -0.333 e. The van der Waals surface area contributed by atoms with Crippen LogP contribution in [0.3, 0.4) is 0 Å². The lowest BCUT2D eigenvalue weighted by molar-refractivity contribution is 0.553. The van der Waals surface area contributed by atoms with Crippen LogP contribution in [-0.2, 0) is 12.2 Å². The van der Waals surface area contributed by atoms with Gasteiger partial charge in [0.1, 0.15) is 0 Å². The van der Waals surface area contributed by atoms with E-state index in [-0.39, 0.29) is 6.04 Å². The molecule has 1 unspecified atom stereocenters. The molecular formula is C19H17Cl3N2S. The van der Waals surface area contributed by atoms with Crippen LogP contribution in [0.25, 0.3) is 0 Å². The van der Waals surface area contributed by atoms with Crippen LogP contribution in [-0.4, -0.2) is 15.3 Å². The van der Waals surface area contributed by atoms with Crippen LogP contribution in [0.5, 0.6) is 0 Å². The van der Waals surface area contributed by atoms with Gasteiger partial charge in [-0.3, -0.25) is 0 Å². The fourth-order valence-corrected chi connectivity index (χ4v) is 4.29.